The number of allylic oxidation sites excluding steroid dienone is 1. The van der Waals surface area contributed by atoms with Crippen molar-refractivity contribution >= 4 is 11.9 Å². The average Bonchev–Trinajstić information content (AvgIpc) is 2.74. The van der Waals surface area contributed by atoms with Gasteiger partial charge in [0, 0.05) is 18.3 Å². The number of fused-ring (bicyclic) bond motifs is 5. The molecule has 1 N–H and O–H groups in total. The van der Waals surface area contributed by atoms with Gasteiger partial charge in [0.25, 0.3) is 0 Å². The first-order valence-corrected chi connectivity index (χ1v) is 7.67. The first-order valence-electron chi connectivity index (χ1n) is 7.67. The predicted molar refractivity (Wildman–Crippen MR) is 78.8 cm³/mol. The molecule has 1 aromatic carbocycles. The van der Waals surface area contributed by atoms with E-state index in [9.17, 15) is 9.90 Å². The Labute approximate surface area is 119 Å². The molecule has 0 aromatic heterocycles. The molecule has 0 saturated heterocycles. The number of aliphatic hydroxyl groups is 1. The first-order chi connectivity index (χ1) is 9.59. The van der Waals surface area contributed by atoms with Gasteiger partial charge in [0.05, 0.1) is 5.76 Å². The summed E-state index contributed by atoms with van der Waals surface area (Å²) >= 11 is 0. The summed E-state index contributed by atoms with van der Waals surface area (Å²) in [5.74, 6) is 1.38. The Morgan fingerprint density at radius 2 is 2.00 bits per heavy atom. The van der Waals surface area contributed by atoms with E-state index in [-0.39, 0.29) is 5.41 Å². The lowest BCUT2D eigenvalue weighted by atomic mass is 9.65. The fraction of sp³-hybridized carbons (Fsp3) is 0.500. The van der Waals surface area contributed by atoms with Crippen molar-refractivity contribution < 1.29 is 9.90 Å². The molecule has 1 saturated carbocycles. The van der Waals surface area contributed by atoms with Gasteiger partial charge in [-0.3, -0.25) is 4.79 Å². The zero-order valence-corrected chi connectivity index (χ0v) is 11.9. The number of aliphatic hydroxyl groups excluding tert-OH is 1. The lowest BCUT2D eigenvalue weighted by molar-refractivity contribution is -0.126. The van der Waals surface area contributed by atoms with E-state index in [1.54, 1.807) is 0 Å². The topological polar surface area (TPSA) is 37.3 Å². The van der Waals surface area contributed by atoms with Crippen molar-refractivity contribution in [2.24, 2.45) is 5.41 Å². The third-order valence-electron chi connectivity index (χ3n) is 5.79. The maximum absolute atomic E-state index is 12.2. The van der Waals surface area contributed by atoms with E-state index in [2.05, 4.69) is 19.1 Å². The van der Waals surface area contributed by atoms with Crippen molar-refractivity contribution in [2.45, 2.75) is 51.4 Å². The Bertz CT molecular complexity index is 641. The number of carbonyl (C=O) groups is 1. The van der Waals surface area contributed by atoms with Crippen LogP contribution in [0.3, 0.4) is 0 Å². The molecule has 20 heavy (non-hydrogen) atoms. The van der Waals surface area contributed by atoms with E-state index in [1.165, 1.54) is 22.3 Å². The van der Waals surface area contributed by atoms with Crippen molar-refractivity contribution in [1.29, 1.82) is 0 Å². The van der Waals surface area contributed by atoms with Gasteiger partial charge in [-0.2, -0.15) is 0 Å². The summed E-state index contributed by atoms with van der Waals surface area (Å²) < 4.78 is 0. The largest absolute Gasteiger partial charge is 0.512 e. The molecule has 2 atom stereocenters. The minimum absolute atomic E-state index is 0.117. The summed E-state index contributed by atoms with van der Waals surface area (Å²) in [6, 6.07) is 4.35. The minimum atomic E-state index is -0.117. The Kier molecular flexibility index (Phi) is 2.42. The van der Waals surface area contributed by atoms with Crippen LogP contribution in [0.25, 0.3) is 6.08 Å². The quantitative estimate of drug-likeness (QED) is 0.774. The second-order valence-corrected chi connectivity index (χ2v) is 6.77. The molecule has 0 unspecified atom stereocenters. The van der Waals surface area contributed by atoms with Gasteiger partial charge < -0.3 is 5.11 Å². The van der Waals surface area contributed by atoms with E-state index in [4.69, 9.17) is 0 Å². The maximum atomic E-state index is 12.2. The third kappa shape index (κ3) is 1.48. The molecule has 3 aliphatic rings. The zero-order chi connectivity index (χ0) is 13.9. The van der Waals surface area contributed by atoms with Gasteiger partial charge >= 0.3 is 0 Å². The van der Waals surface area contributed by atoms with Crippen molar-refractivity contribution in [3.8, 4) is 0 Å². The Hall–Kier alpha value is -1.57. The standard InChI is InChI=1S/C18H20O2/c1-18-9-8-14-13-5-3-12(19)10-11(13)2-4-15(14)16(18)6-7-17(18)20/h2,4,10,16,19H,3,5-9H2,1H3/t16-,18-/m0/s1. The lowest BCUT2D eigenvalue weighted by Crippen LogP contribution is -2.33. The molecule has 104 valence electrons. The summed E-state index contributed by atoms with van der Waals surface area (Å²) in [5, 5.41) is 9.70. The number of benzene rings is 1. The molecule has 4 rings (SSSR count). The van der Waals surface area contributed by atoms with Crippen LogP contribution >= 0.6 is 0 Å². The second-order valence-electron chi connectivity index (χ2n) is 6.77. The zero-order valence-electron chi connectivity index (χ0n) is 11.9. The average molecular weight is 268 g/mol. The van der Waals surface area contributed by atoms with Crippen LogP contribution < -0.4 is 0 Å². The normalized spacial score (nSPS) is 31.4. The number of hydrogen-bond donors (Lipinski definition) is 1. The molecule has 0 bridgehead atoms. The van der Waals surface area contributed by atoms with Crippen LogP contribution in [-0.2, 0) is 17.6 Å². The van der Waals surface area contributed by atoms with Gasteiger partial charge in [0.15, 0.2) is 0 Å². The molecular formula is C18H20O2. The Balaban J connectivity index is 1.87. The highest BCUT2D eigenvalue weighted by molar-refractivity contribution is 5.88. The number of rotatable bonds is 0. The number of hydrogen-bond acceptors (Lipinski definition) is 2. The van der Waals surface area contributed by atoms with Crippen molar-refractivity contribution in [3.63, 3.8) is 0 Å². The fourth-order valence-electron chi connectivity index (χ4n) is 4.56. The smallest absolute Gasteiger partial charge is 0.139 e. The number of Topliss-reactive ketones (excluding diaryl/α,β-unsaturated/α-hetero) is 1. The summed E-state index contributed by atoms with van der Waals surface area (Å²) in [6.45, 7) is 2.17. The van der Waals surface area contributed by atoms with Gasteiger partial charge in [-0.1, -0.05) is 19.1 Å². The first kappa shape index (κ1) is 12.2. The summed E-state index contributed by atoms with van der Waals surface area (Å²) in [7, 11) is 0. The monoisotopic (exact) mass is 268 g/mol. The minimum Gasteiger partial charge on any atom is -0.512 e. The fourth-order valence-corrected chi connectivity index (χ4v) is 4.56. The number of carbonyl (C=O) groups excluding carboxylic acids is 1. The van der Waals surface area contributed by atoms with Crippen LogP contribution in [-0.4, -0.2) is 10.9 Å². The SMILES string of the molecule is C[C@]12CCc3c(ccc4c3CCC(O)=C4)[C@@H]1CCC2=O. The molecule has 1 aromatic rings. The highest BCUT2D eigenvalue weighted by Crippen LogP contribution is 2.54. The maximum Gasteiger partial charge on any atom is 0.139 e. The van der Waals surface area contributed by atoms with Crippen LogP contribution in [0.5, 0.6) is 0 Å². The van der Waals surface area contributed by atoms with Crippen LogP contribution in [0.2, 0.25) is 0 Å². The highest BCUT2D eigenvalue weighted by Gasteiger charge is 2.49. The van der Waals surface area contributed by atoms with Crippen LogP contribution in [0, 0.1) is 5.41 Å². The molecule has 1 fully saturated rings. The molecule has 2 nitrogen and oxygen atoms in total. The van der Waals surface area contributed by atoms with Crippen LogP contribution in [0.1, 0.15) is 60.8 Å². The van der Waals surface area contributed by atoms with Crippen LogP contribution in [0.15, 0.2) is 17.9 Å². The highest BCUT2D eigenvalue weighted by atomic mass is 16.3. The summed E-state index contributed by atoms with van der Waals surface area (Å²) in [5.41, 5.74) is 5.37. The molecule has 0 aliphatic heterocycles. The van der Waals surface area contributed by atoms with E-state index < -0.39 is 0 Å². The molecule has 0 heterocycles. The second kappa shape index (κ2) is 3.97. The van der Waals surface area contributed by atoms with Crippen molar-refractivity contribution in [1.82, 2.24) is 0 Å². The number of ketones is 1. The predicted octanol–water partition coefficient (Wildman–Crippen LogP) is 3.93. The van der Waals surface area contributed by atoms with Gasteiger partial charge in [-0.25, -0.2) is 0 Å². The van der Waals surface area contributed by atoms with Gasteiger partial charge in [0.1, 0.15) is 5.78 Å². The van der Waals surface area contributed by atoms with Gasteiger partial charge in [0.2, 0.25) is 0 Å². The Morgan fingerprint density at radius 3 is 2.85 bits per heavy atom. The molecular weight excluding hydrogens is 248 g/mol. The lowest BCUT2D eigenvalue weighted by Gasteiger charge is -2.38. The van der Waals surface area contributed by atoms with E-state index >= 15 is 0 Å². The van der Waals surface area contributed by atoms with Gasteiger partial charge in [-0.05, 0) is 59.9 Å². The van der Waals surface area contributed by atoms with Gasteiger partial charge in [-0.15, -0.1) is 0 Å². The van der Waals surface area contributed by atoms with Crippen molar-refractivity contribution in [2.75, 3.05) is 0 Å². The molecule has 0 radical (unpaired) electrons. The summed E-state index contributed by atoms with van der Waals surface area (Å²) in [4.78, 5) is 12.2. The molecule has 2 heteroatoms. The van der Waals surface area contributed by atoms with E-state index in [0.717, 1.165) is 38.5 Å². The van der Waals surface area contributed by atoms with E-state index in [1.807, 2.05) is 6.08 Å². The molecule has 3 aliphatic carbocycles. The Morgan fingerprint density at radius 1 is 1.15 bits per heavy atom. The summed E-state index contributed by atoms with van der Waals surface area (Å²) in [6.07, 6.45) is 7.39. The van der Waals surface area contributed by atoms with Crippen LogP contribution in [0.4, 0.5) is 0 Å². The third-order valence-corrected chi connectivity index (χ3v) is 5.79. The van der Waals surface area contributed by atoms with E-state index in [0.29, 0.717) is 17.5 Å². The van der Waals surface area contributed by atoms with Crippen molar-refractivity contribution in [3.05, 3.63) is 40.1 Å². The molecule has 0 amide bonds. The molecule has 0 spiro atoms.